The van der Waals surface area contributed by atoms with Gasteiger partial charge in [-0.2, -0.15) is 0 Å². The van der Waals surface area contributed by atoms with Gasteiger partial charge in [0.2, 0.25) is 0 Å². The Morgan fingerprint density at radius 3 is 2.76 bits per heavy atom. The van der Waals surface area contributed by atoms with E-state index in [1.165, 1.54) is 0 Å². The summed E-state index contributed by atoms with van der Waals surface area (Å²) in [7, 11) is 0. The number of benzene rings is 1. The van der Waals surface area contributed by atoms with Crippen LogP contribution < -0.4 is 10.9 Å². The third kappa shape index (κ3) is 3.04. The van der Waals surface area contributed by atoms with Crippen LogP contribution in [0.15, 0.2) is 48.7 Å². The van der Waals surface area contributed by atoms with Gasteiger partial charge in [-0.15, -0.1) is 0 Å². The van der Waals surface area contributed by atoms with Crippen LogP contribution in [0.4, 0.5) is 5.82 Å². The fourth-order valence-corrected chi connectivity index (χ4v) is 1.42. The lowest BCUT2D eigenvalue weighted by Crippen LogP contribution is -2.29. The minimum Gasteiger partial charge on any atom is -0.282 e. The summed E-state index contributed by atoms with van der Waals surface area (Å²) in [4.78, 5) is 15.8. The zero-order valence-corrected chi connectivity index (χ0v) is 9.47. The molecule has 2 rings (SSSR count). The Morgan fingerprint density at radius 1 is 1.18 bits per heavy atom. The molecule has 1 aromatic heterocycles. The molecule has 86 valence electrons. The number of nitrogens with zero attached hydrogens (tertiary/aromatic N) is 1. The van der Waals surface area contributed by atoms with Crippen molar-refractivity contribution in [3.63, 3.8) is 0 Å². The number of carbonyl (C=O) groups is 1. The van der Waals surface area contributed by atoms with Crippen molar-refractivity contribution in [2.24, 2.45) is 0 Å². The van der Waals surface area contributed by atoms with E-state index in [1.54, 1.807) is 18.3 Å². The van der Waals surface area contributed by atoms with Crippen molar-refractivity contribution >= 4 is 11.7 Å². The van der Waals surface area contributed by atoms with E-state index < -0.39 is 0 Å². The number of anilines is 1. The molecule has 4 heteroatoms. The standard InChI is InChI=1S/C13H13N3O/c1-10-5-4-6-11(9-10)13(17)16-15-12-7-2-3-8-14-12/h2-9H,1H3,(H,14,15)(H,16,17). The summed E-state index contributed by atoms with van der Waals surface area (Å²) in [5, 5.41) is 0. The molecule has 1 amide bonds. The number of rotatable bonds is 3. The molecule has 0 atom stereocenters. The van der Waals surface area contributed by atoms with Gasteiger partial charge < -0.3 is 0 Å². The van der Waals surface area contributed by atoms with Gasteiger partial charge in [-0.1, -0.05) is 23.8 Å². The lowest BCUT2D eigenvalue weighted by molar-refractivity contribution is 0.0962. The molecular formula is C13H13N3O. The van der Waals surface area contributed by atoms with Crippen LogP contribution in [0.25, 0.3) is 0 Å². The molecule has 0 bridgehead atoms. The normalized spacial score (nSPS) is 9.71. The largest absolute Gasteiger partial charge is 0.282 e. The van der Waals surface area contributed by atoms with E-state index in [4.69, 9.17) is 0 Å². The number of hydrogen-bond acceptors (Lipinski definition) is 3. The zero-order valence-electron chi connectivity index (χ0n) is 9.47. The van der Waals surface area contributed by atoms with Crippen LogP contribution in [0.5, 0.6) is 0 Å². The highest BCUT2D eigenvalue weighted by molar-refractivity contribution is 5.94. The van der Waals surface area contributed by atoms with Crippen molar-refractivity contribution in [1.29, 1.82) is 0 Å². The maximum absolute atomic E-state index is 11.8. The fraction of sp³-hybridized carbons (Fsp3) is 0.0769. The lowest BCUT2D eigenvalue weighted by Gasteiger charge is -2.07. The molecule has 1 aromatic carbocycles. The molecule has 2 aromatic rings. The molecule has 1 heterocycles. The van der Waals surface area contributed by atoms with Crippen LogP contribution in [-0.4, -0.2) is 10.9 Å². The quantitative estimate of drug-likeness (QED) is 0.790. The van der Waals surface area contributed by atoms with Gasteiger partial charge >= 0.3 is 0 Å². The molecule has 17 heavy (non-hydrogen) atoms. The van der Waals surface area contributed by atoms with Gasteiger partial charge in [-0.05, 0) is 31.2 Å². The summed E-state index contributed by atoms with van der Waals surface area (Å²) in [5.74, 6) is 0.424. The minimum atomic E-state index is -0.181. The predicted molar refractivity (Wildman–Crippen MR) is 66.5 cm³/mol. The van der Waals surface area contributed by atoms with Crippen LogP contribution in [0.1, 0.15) is 15.9 Å². The Morgan fingerprint density at radius 2 is 2.06 bits per heavy atom. The topological polar surface area (TPSA) is 54.0 Å². The maximum Gasteiger partial charge on any atom is 0.269 e. The first-order valence-corrected chi connectivity index (χ1v) is 5.30. The average molecular weight is 227 g/mol. The first-order valence-electron chi connectivity index (χ1n) is 5.30. The summed E-state index contributed by atoms with van der Waals surface area (Å²) in [6.45, 7) is 1.95. The van der Waals surface area contributed by atoms with Crippen molar-refractivity contribution < 1.29 is 4.79 Å². The number of aryl methyl sites for hydroxylation is 1. The number of hydrogen-bond donors (Lipinski definition) is 2. The Bertz CT molecular complexity index is 511. The Kier molecular flexibility index (Phi) is 3.35. The highest BCUT2D eigenvalue weighted by atomic mass is 16.2. The predicted octanol–water partition coefficient (Wildman–Crippen LogP) is 2.15. The SMILES string of the molecule is Cc1cccc(C(=O)NNc2ccccn2)c1. The number of aromatic nitrogens is 1. The van der Waals surface area contributed by atoms with E-state index in [0.29, 0.717) is 11.4 Å². The molecule has 0 spiro atoms. The van der Waals surface area contributed by atoms with Gasteiger partial charge in [0.05, 0.1) is 0 Å². The molecule has 0 unspecified atom stereocenters. The van der Waals surface area contributed by atoms with E-state index in [9.17, 15) is 4.79 Å². The second-order valence-electron chi connectivity index (χ2n) is 3.66. The molecule has 0 fully saturated rings. The van der Waals surface area contributed by atoms with E-state index in [0.717, 1.165) is 5.56 Å². The smallest absolute Gasteiger partial charge is 0.269 e. The highest BCUT2D eigenvalue weighted by Crippen LogP contribution is 2.04. The van der Waals surface area contributed by atoms with E-state index in [1.807, 2.05) is 37.3 Å². The van der Waals surface area contributed by atoms with Crippen LogP contribution in [-0.2, 0) is 0 Å². The Balaban J connectivity index is 1.98. The third-order valence-electron chi connectivity index (χ3n) is 2.25. The highest BCUT2D eigenvalue weighted by Gasteiger charge is 2.04. The summed E-state index contributed by atoms with van der Waals surface area (Å²) in [5.41, 5.74) is 7.01. The summed E-state index contributed by atoms with van der Waals surface area (Å²) < 4.78 is 0. The van der Waals surface area contributed by atoms with Crippen molar-refractivity contribution in [2.75, 3.05) is 5.43 Å². The van der Waals surface area contributed by atoms with Gasteiger partial charge in [-0.25, -0.2) is 4.98 Å². The van der Waals surface area contributed by atoms with Crippen molar-refractivity contribution in [2.45, 2.75) is 6.92 Å². The van der Waals surface area contributed by atoms with Crippen LogP contribution in [0.2, 0.25) is 0 Å². The summed E-state index contributed by atoms with van der Waals surface area (Å²) in [6, 6.07) is 12.8. The summed E-state index contributed by atoms with van der Waals surface area (Å²) in [6.07, 6.45) is 1.65. The Labute approximate surface area is 99.7 Å². The Hall–Kier alpha value is -2.36. The number of carbonyl (C=O) groups excluding carboxylic acids is 1. The van der Waals surface area contributed by atoms with Gasteiger partial charge in [0.15, 0.2) is 0 Å². The molecule has 4 nitrogen and oxygen atoms in total. The molecule has 0 aliphatic rings. The average Bonchev–Trinajstić information content (AvgIpc) is 2.37. The second kappa shape index (κ2) is 5.12. The fourth-order valence-electron chi connectivity index (χ4n) is 1.42. The molecule has 0 aliphatic carbocycles. The van der Waals surface area contributed by atoms with E-state index in [-0.39, 0.29) is 5.91 Å². The van der Waals surface area contributed by atoms with Crippen LogP contribution >= 0.6 is 0 Å². The van der Waals surface area contributed by atoms with Gasteiger partial charge in [0.25, 0.3) is 5.91 Å². The molecule has 0 saturated carbocycles. The van der Waals surface area contributed by atoms with E-state index >= 15 is 0 Å². The van der Waals surface area contributed by atoms with Gasteiger partial charge in [-0.3, -0.25) is 15.6 Å². The lowest BCUT2D eigenvalue weighted by atomic mass is 10.1. The molecular weight excluding hydrogens is 214 g/mol. The molecule has 2 N–H and O–H groups in total. The van der Waals surface area contributed by atoms with Crippen LogP contribution in [0, 0.1) is 6.92 Å². The van der Waals surface area contributed by atoms with Crippen molar-refractivity contribution in [3.05, 3.63) is 59.8 Å². The zero-order chi connectivity index (χ0) is 12.1. The minimum absolute atomic E-state index is 0.181. The number of hydrazine groups is 1. The molecule has 0 saturated heterocycles. The second-order valence-corrected chi connectivity index (χ2v) is 3.66. The number of pyridine rings is 1. The number of amides is 1. The summed E-state index contributed by atoms with van der Waals surface area (Å²) >= 11 is 0. The van der Waals surface area contributed by atoms with Crippen molar-refractivity contribution in [3.8, 4) is 0 Å². The first-order chi connectivity index (χ1) is 8.25. The van der Waals surface area contributed by atoms with Gasteiger partial charge in [0.1, 0.15) is 5.82 Å². The first kappa shape index (κ1) is 11.1. The third-order valence-corrected chi connectivity index (χ3v) is 2.25. The monoisotopic (exact) mass is 227 g/mol. The van der Waals surface area contributed by atoms with E-state index in [2.05, 4.69) is 15.8 Å². The van der Waals surface area contributed by atoms with Crippen molar-refractivity contribution in [1.82, 2.24) is 10.4 Å². The molecule has 0 radical (unpaired) electrons. The van der Waals surface area contributed by atoms with Crippen LogP contribution in [0.3, 0.4) is 0 Å². The molecule has 0 aliphatic heterocycles. The van der Waals surface area contributed by atoms with Gasteiger partial charge in [0, 0.05) is 11.8 Å². The number of nitrogens with one attached hydrogen (secondary N) is 2. The maximum atomic E-state index is 11.8.